The molecule has 1 fully saturated rings. The van der Waals surface area contributed by atoms with E-state index < -0.39 is 17.8 Å². The molecular weight excluding hydrogens is 266 g/mol. The number of benzene rings is 1. The summed E-state index contributed by atoms with van der Waals surface area (Å²) in [5.41, 5.74) is 2.41. The van der Waals surface area contributed by atoms with Crippen molar-refractivity contribution >= 4 is 22.7 Å². The van der Waals surface area contributed by atoms with Gasteiger partial charge in [-0.05, 0) is 31.7 Å². The third-order valence-electron chi connectivity index (χ3n) is 4.59. The summed E-state index contributed by atoms with van der Waals surface area (Å²) in [6.45, 7) is 3.90. The molecule has 21 heavy (non-hydrogen) atoms. The number of carbonyl (C=O) groups is 2. The van der Waals surface area contributed by atoms with Gasteiger partial charge in [-0.3, -0.25) is 9.59 Å². The van der Waals surface area contributed by atoms with Crippen molar-refractivity contribution in [1.82, 2.24) is 4.98 Å². The van der Waals surface area contributed by atoms with Crippen molar-refractivity contribution in [2.45, 2.75) is 26.7 Å². The average Bonchev–Trinajstić information content (AvgIpc) is 2.97. The molecule has 1 aliphatic rings. The molecule has 0 spiro atoms. The van der Waals surface area contributed by atoms with Crippen LogP contribution in [0.2, 0.25) is 0 Å². The van der Waals surface area contributed by atoms with Gasteiger partial charge in [0.05, 0.1) is 5.92 Å². The third kappa shape index (κ3) is 2.24. The second-order valence-electron chi connectivity index (χ2n) is 6.16. The van der Waals surface area contributed by atoms with Crippen LogP contribution in [0, 0.1) is 24.7 Å². The zero-order valence-electron chi connectivity index (χ0n) is 12.2. The van der Waals surface area contributed by atoms with Gasteiger partial charge in [0, 0.05) is 28.1 Å². The lowest BCUT2D eigenvalue weighted by Crippen LogP contribution is -2.25. The minimum atomic E-state index is -0.852. The SMILES string of the molecule is Cc1[nH]c2ccccc2c1C(=O)C1CC(C)CC1C(=O)O. The van der Waals surface area contributed by atoms with Gasteiger partial charge in [0.1, 0.15) is 0 Å². The summed E-state index contributed by atoms with van der Waals surface area (Å²) in [6, 6.07) is 7.67. The fourth-order valence-electron chi connectivity index (χ4n) is 3.63. The lowest BCUT2D eigenvalue weighted by atomic mass is 9.87. The molecule has 1 saturated carbocycles. The molecule has 0 aliphatic heterocycles. The summed E-state index contributed by atoms with van der Waals surface area (Å²) >= 11 is 0. The van der Waals surface area contributed by atoms with E-state index >= 15 is 0 Å². The van der Waals surface area contributed by atoms with Gasteiger partial charge < -0.3 is 10.1 Å². The molecule has 3 atom stereocenters. The van der Waals surface area contributed by atoms with Crippen LogP contribution in [0.1, 0.15) is 35.8 Å². The van der Waals surface area contributed by atoms with E-state index in [1.165, 1.54) is 0 Å². The van der Waals surface area contributed by atoms with Crippen molar-refractivity contribution < 1.29 is 14.7 Å². The zero-order valence-corrected chi connectivity index (χ0v) is 12.2. The number of nitrogens with one attached hydrogen (secondary N) is 1. The third-order valence-corrected chi connectivity index (χ3v) is 4.59. The van der Waals surface area contributed by atoms with E-state index in [0.29, 0.717) is 18.4 Å². The Labute approximate surface area is 123 Å². The van der Waals surface area contributed by atoms with E-state index in [9.17, 15) is 14.7 Å². The molecule has 0 bridgehead atoms. The highest BCUT2D eigenvalue weighted by molar-refractivity contribution is 6.11. The van der Waals surface area contributed by atoms with Crippen molar-refractivity contribution in [3.63, 3.8) is 0 Å². The molecule has 4 heteroatoms. The number of aromatic nitrogens is 1. The second kappa shape index (κ2) is 5.02. The molecule has 2 N–H and O–H groups in total. The molecule has 0 amide bonds. The number of carboxylic acid groups (broad SMARTS) is 1. The number of H-pyrrole nitrogens is 1. The van der Waals surface area contributed by atoms with E-state index in [-0.39, 0.29) is 11.7 Å². The van der Waals surface area contributed by atoms with Crippen LogP contribution in [0.3, 0.4) is 0 Å². The molecule has 1 aromatic carbocycles. The number of para-hydroxylation sites is 1. The van der Waals surface area contributed by atoms with E-state index in [2.05, 4.69) is 4.98 Å². The first-order chi connectivity index (χ1) is 9.99. The minimum Gasteiger partial charge on any atom is -0.481 e. The standard InChI is InChI=1S/C17H19NO3/c1-9-7-12(13(8-9)17(20)21)16(19)15-10(2)18-14-6-4-3-5-11(14)15/h3-6,9,12-13,18H,7-8H2,1-2H3,(H,20,21). The Hall–Kier alpha value is -2.10. The van der Waals surface area contributed by atoms with Crippen LogP contribution in [-0.4, -0.2) is 21.8 Å². The number of aromatic amines is 1. The second-order valence-corrected chi connectivity index (χ2v) is 6.16. The maximum Gasteiger partial charge on any atom is 0.307 e. The highest BCUT2D eigenvalue weighted by atomic mass is 16.4. The molecular formula is C17H19NO3. The number of aliphatic carboxylic acids is 1. The van der Waals surface area contributed by atoms with Crippen molar-refractivity contribution in [3.8, 4) is 0 Å². The molecule has 1 aromatic heterocycles. The van der Waals surface area contributed by atoms with Gasteiger partial charge in [0.25, 0.3) is 0 Å². The predicted octanol–water partition coefficient (Wildman–Crippen LogP) is 3.41. The van der Waals surface area contributed by atoms with Gasteiger partial charge in [-0.1, -0.05) is 25.1 Å². The summed E-state index contributed by atoms with van der Waals surface area (Å²) in [5.74, 6) is -1.56. The van der Waals surface area contributed by atoms with Gasteiger partial charge in [0.2, 0.25) is 0 Å². The number of hydrogen-bond donors (Lipinski definition) is 2. The van der Waals surface area contributed by atoms with Crippen LogP contribution in [0.15, 0.2) is 24.3 Å². The van der Waals surface area contributed by atoms with Crippen molar-refractivity contribution in [2.75, 3.05) is 0 Å². The molecule has 4 nitrogen and oxygen atoms in total. The first kappa shape index (κ1) is 13.9. The Balaban J connectivity index is 2.04. The highest BCUT2D eigenvalue weighted by Gasteiger charge is 2.42. The number of carboxylic acids is 1. The van der Waals surface area contributed by atoms with E-state index in [1.807, 2.05) is 38.1 Å². The smallest absolute Gasteiger partial charge is 0.307 e. The fourth-order valence-corrected chi connectivity index (χ4v) is 3.63. The molecule has 3 rings (SSSR count). The molecule has 0 saturated heterocycles. The summed E-state index contributed by atoms with van der Waals surface area (Å²) in [5, 5.41) is 10.3. The van der Waals surface area contributed by atoms with Crippen molar-refractivity contribution in [3.05, 3.63) is 35.5 Å². The number of carbonyl (C=O) groups excluding carboxylic acids is 1. The van der Waals surface area contributed by atoms with Crippen LogP contribution < -0.4 is 0 Å². The maximum atomic E-state index is 12.9. The predicted molar refractivity (Wildman–Crippen MR) is 80.4 cm³/mol. The monoisotopic (exact) mass is 285 g/mol. The number of rotatable bonds is 3. The largest absolute Gasteiger partial charge is 0.481 e. The molecule has 110 valence electrons. The molecule has 1 aliphatic carbocycles. The Morgan fingerprint density at radius 3 is 2.57 bits per heavy atom. The number of hydrogen-bond acceptors (Lipinski definition) is 2. The molecule has 1 heterocycles. The number of ketones is 1. The maximum absolute atomic E-state index is 12.9. The highest BCUT2D eigenvalue weighted by Crippen LogP contribution is 2.39. The van der Waals surface area contributed by atoms with Gasteiger partial charge >= 0.3 is 5.97 Å². The Bertz CT molecular complexity index is 716. The summed E-state index contributed by atoms with van der Waals surface area (Å²) in [4.78, 5) is 27.6. The Morgan fingerprint density at radius 1 is 1.19 bits per heavy atom. The normalized spacial score (nSPS) is 25.3. The Morgan fingerprint density at radius 2 is 1.86 bits per heavy atom. The number of aryl methyl sites for hydroxylation is 1. The first-order valence-electron chi connectivity index (χ1n) is 7.33. The number of Topliss-reactive ketones (excluding diaryl/α,β-unsaturated/α-hetero) is 1. The number of fused-ring (bicyclic) bond motifs is 1. The van der Waals surface area contributed by atoms with Crippen molar-refractivity contribution in [2.24, 2.45) is 17.8 Å². The minimum absolute atomic E-state index is 0.0262. The molecule has 0 radical (unpaired) electrons. The van der Waals surface area contributed by atoms with Gasteiger partial charge in [-0.2, -0.15) is 0 Å². The van der Waals surface area contributed by atoms with Gasteiger partial charge in [-0.25, -0.2) is 0 Å². The van der Waals surface area contributed by atoms with Crippen LogP contribution in [0.4, 0.5) is 0 Å². The van der Waals surface area contributed by atoms with Crippen LogP contribution in [0.5, 0.6) is 0 Å². The van der Waals surface area contributed by atoms with Crippen LogP contribution >= 0.6 is 0 Å². The van der Waals surface area contributed by atoms with Crippen LogP contribution in [-0.2, 0) is 4.79 Å². The topological polar surface area (TPSA) is 70.2 Å². The fraction of sp³-hybridized carbons (Fsp3) is 0.412. The quantitative estimate of drug-likeness (QED) is 0.849. The summed E-state index contributed by atoms with van der Waals surface area (Å²) < 4.78 is 0. The van der Waals surface area contributed by atoms with E-state index in [0.717, 1.165) is 16.6 Å². The first-order valence-corrected chi connectivity index (χ1v) is 7.33. The lowest BCUT2D eigenvalue weighted by molar-refractivity contribution is -0.142. The van der Waals surface area contributed by atoms with Crippen LogP contribution in [0.25, 0.3) is 10.9 Å². The zero-order chi connectivity index (χ0) is 15.1. The lowest BCUT2D eigenvalue weighted by Gasteiger charge is -2.14. The van der Waals surface area contributed by atoms with E-state index in [1.54, 1.807) is 0 Å². The van der Waals surface area contributed by atoms with Crippen molar-refractivity contribution in [1.29, 1.82) is 0 Å². The molecule has 2 aromatic rings. The Kier molecular flexibility index (Phi) is 3.32. The van der Waals surface area contributed by atoms with Gasteiger partial charge in [0.15, 0.2) is 5.78 Å². The van der Waals surface area contributed by atoms with Gasteiger partial charge in [-0.15, -0.1) is 0 Å². The van der Waals surface area contributed by atoms with E-state index in [4.69, 9.17) is 0 Å². The molecule has 3 unspecified atom stereocenters. The summed E-state index contributed by atoms with van der Waals surface area (Å²) in [7, 11) is 0. The average molecular weight is 285 g/mol. The summed E-state index contributed by atoms with van der Waals surface area (Å²) in [6.07, 6.45) is 1.25.